The molecule has 0 atom stereocenters. The maximum Gasteiger partial charge on any atom is 0.252 e. The lowest BCUT2D eigenvalue weighted by Gasteiger charge is -2.34. The maximum absolute atomic E-state index is 11.8. The predicted octanol–water partition coefficient (Wildman–Crippen LogP) is -0.621. The number of carbonyl (C=O) groups excluding carboxylic acids is 1. The van der Waals surface area contributed by atoms with Crippen molar-refractivity contribution in [1.82, 2.24) is 20.1 Å². The highest BCUT2D eigenvalue weighted by Gasteiger charge is 2.16. The van der Waals surface area contributed by atoms with Crippen LogP contribution in [0.4, 0.5) is 0 Å². The highest BCUT2D eigenvalue weighted by Crippen LogP contribution is 2.00. The molecule has 2 rings (SSSR count). The molecular weight excluding hydrogens is 244 g/mol. The molecule has 1 fully saturated rings. The van der Waals surface area contributed by atoms with Crippen LogP contribution in [-0.2, 0) is 0 Å². The van der Waals surface area contributed by atoms with E-state index in [1.54, 1.807) is 24.5 Å². The summed E-state index contributed by atoms with van der Waals surface area (Å²) in [7, 11) is 0. The van der Waals surface area contributed by atoms with Gasteiger partial charge in [0.05, 0.1) is 13.3 Å². The summed E-state index contributed by atoms with van der Waals surface area (Å²) < 4.78 is 0. The summed E-state index contributed by atoms with van der Waals surface area (Å²) in [5.74, 6) is -0.0693. The second-order valence-electron chi connectivity index (χ2n) is 4.58. The standard InChI is InChI=1S/C13H20N4O2/c18-10-9-16-5-7-17(8-6-16)11-15-13(19)12-1-3-14-4-2-12/h1-4,18H,5-11H2,(H,15,19). The zero-order valence-electron chi connectivity index (χ0n) is 11.0. The molecule has 0 unspecified atom stereocenters. The molecule has 0 aliphatic carbocycles. The molecule has 0 saturated carbocycles. The second-order valence-corrected chi connectivity index (χ2v) is 4.58. The topological polar surface area (TPSA) is 68.7 Å². The molecular formula is C13H20N4O2. The third-order valence-electron chi connectivity index (χ3n) is 3.29. The summed E-state index contributed by atoms with van der Waals surface area (Å²) >= 11 is 0. The van der Waals surface area contributed by atoms with Gasteiger partial charge in [-0.3, -0.25) is 19.6 Å². The molecule has 6 heteroatoms. The number of carbonyl (C=O) groups is 1. The van der Waals surface area contributed by atoms with E-state index >= 15 is 0 Å². The number of aliphatic hydroxyl groups is 1. The molecule has 2 heterocycles. The minimum absolute atomic E-state index is 0.0693. The number of rotatable bonds is 5. The third-order valence-corrected chi connectivity index (χ3v) is 3.29. The Hall–Kier alpha value is -1.50. The van der Waals surface area contributed by atoms with Gasteiger partial charge in [0.25, 0.3) is 5.91 Å². The first-order chi connectivity index (χ1) is 9.29. The van der Waals surface area contributed by atoms with E-state index < -0.39 is 0 Å². The lowest BCUT2D eigenvalue weighted by molar-refractivity contribution is 0.0847. The number of nitrogens with zero attached hydrogens (tertiary/aromatic N) is 3. The summed E-state index contributed by atoms with van der Waals surface area (Å²) in [4.78, 5) is 20.2. The van der Waals surface area contributed by atoms with E-state index in [2.05, 4.69) is 20.1 Å². The Morgan fingerprint density at radius 1 is 1.21 bits per heavy atom. The maximum atomic E-state index is 11.8. The molecule has 104 valence electrons. The van der Waals surface area contributed by atoms with Crippen molar-refractivity contribution in [2.75, 3.05) is 46.0 Å². The number of hydrogen-bond donors (Lipinski definition) is 2. The largest absolute Gasteiger partial charge is 0.395 e. The van der Waals surface area contributed by atoms with Gasteiger partial charge >= 0.3 is 0 Å². The third kappa shape index (κ3) is 4.27. The number of aromatic nitrogens is 1. The number of pyridine rings is 1. The quantitative estimate of drug-likeness (QED) is 0.742. The van der Waals surface area contributed by atoms with Gasteiger partial charge in [-0.15, -0.1) is 0 Å². The van der Waals surface area contributed by atoms with Crippen molar-refractivity contribution >= 4 is 5.91 Å². The van der Waals surface area contributed by atoms with Crippen LogP contribution in [0, 0.1) is 0 Å². The molecule has 1 aliphatic heterocycles. The molecule has 1 saturated heterocycles. The summed E-state index contributed by atoms with van der Waals surface area (Å²) in [6.07, 6.45) is 3.23. The van der Waals surface area contributed by atoms with E-state index in [-0.39, 0.29) is 12.5 Å². The molecule has 19 heavy (non-hydrogen) atoms. The molecule has 1 aromatic rings. The zero-order chi connectivity index (χ0) is 13.5. The van der Waals surface area contributed by atoms with E-state index in [0.717, 1.165) is 32.7 Å². The Balaban J connectivity index is 1.71. The van der Waals surface area contributed by atoms with Crippen molar-refractivity contribution in [3.8, 4) is 0 Å². The van der Waals surface area contributed by atoms with E-state index in [4.69, 9.17) is 5.11 Å². The Morgan fingerprint density at radius 2 is 1.84 bits per heavy atom. The van der Waals surface area contributed by atoms with Gasteiger partial charge in [-0.05, 0) is 12.1 Å². The Labute approximate surface area is 113 Å². The molecule has 1 aromatic heterocycles. The van der Waals surface area contributed by atoms with Crippen molar-refractivity contribution in [2.24, 2.45) is 0 Å². The van der Waals surface area contributed by atoms with Gasteiger partial charge in [-0.1, -0.05) is 0 Å². The first-order valence-electron chi connectivity index (χ1n) is 6.53. The summed E-state index contributed by atoms with van der Waals surface area (Å²) in [6.45, 7) is 5.20. The van der Waals surface area contributed by atoms with Crippen molar-refractivity contribution < 1.29 is 9.90 Å². The summed E-state index contributed by atoms with van der Waals surface area (Å²) in [5, 5.41) is 11.8. The highest BCUT2D eigenvalue weighted by molar-refractivity contribution is 5.93. The van der Waals surface area contributed by atoms with Crippen LogP contribution in [0.1, 0.15) is 10.4 Å². The number of β-amino-alcohol motifs (C(OH)–C–C–N with tert-alkyl or cyclic N) is 1. The molecule has 6 nitrogen and oxygen atoms in total. The monoisotopic (exact) mass is 264 g/mol. The molecule has 0 radical (unpaired) electrons. The minimum Gasteiger partial charge on any atom is -0.395 e. The van der Waals surface area contributed by atoms with Crippen LogP contribution < -0.4 is 5.32 Å². The van der Waals surface area contributed by atoms with Crippen LogP contribution in [0.2, 0.25) is 0 Å². The Bertz CT molecular complexity index is 391. The smallest absolute Gasteiger partial charge is 0.252 e. The minimum atomic E-state index is -0.0693. The van der Waals surface area contributed by atoms with Gasteiger partial charge in [0.1, 0.15) is 0 Å². The van der Waals surface area contributed by atoms with Gasteiger partial charge < -0.3 is 10.4 Å². The fourth-order valence-corrected chi connectivity index (χ4v) is 2.10. The SMILES string of the molecule is O=C(NCN1CCN(CCO)CC1)c1ccncc1. The van der Waals surface area contributed by atoms with Gasteiger partial charge in [-0.25, -0.2) is 0 Å². The van der Waals surface area contributed by atoms with Gasteiger partial charge in [-0.2, -0.15) is 0 Å². The number of aliphatic hydroxyl groups excluding tert-OH is 1. The summed E-state index contributed by atoms with van der Waals surface area (Å²) in [5.41, 5.74) is 0.633. The lowest BCUT2D eigenvalue weighted by atomic mass is 10.2. The van der Waals surface area contributed by atoms with Crippen LogP contribution in [0.3, 0.4) is 0 Å². The predicted molar refractivity (Wildman–Crippen MR) is 71.7 cm³/mol. The first kappa shape index (κ1) is 13.9. The molecule has 2 N–H and O–H groups in total. The van der Waals surface area contributed by atoms with E-state index in [0.29, 0.717) is 12.2 Å². The van der Waals surface area contributed by atoms with Gasteiger partial charge in [0.2, 0.25) is 0 Å². The molecule has 0 aromatic carbocycles. The lowest BCUT2D eigenvalue weighted by Crippen LogP contribution is -2.50. The Kier molecular flexibility index (Phi) is 5.26. The molecule has 0 bridgehead atoms. The number of nitrogens with one attached hydrogen (secondary N) is 1. The normalized spacial score (nSPS) is 17.3. The van der Waals surface area contributed by atoms with E-state index in [9.17, 15) is 4.79 Å². The average molecular weight is 264 g/mol. The van der Waals surface area contributed by atoms with Crippen molar-refractivity contribution in [2.45, 2.75) is 0 Å². The zero-order valence-corrected chi connectivity index (χ0v) is 11.0. The van der Waals surface area contributed by atoms with Crippen LogP contribution in [0.5, 0.6) is 0 Å². The fraction of sp³-hybridized carbons (Fsp3) is 0.538. The number of hydrogen-bond acceptors (Lipinski definition) is 5. The van der Waals surface area contributed by atoms with Crippen LogP contribution in [0.15, 0.2) is 24.5 Å². The van der Waals surface area contributed by atoms with Crippen LogP contribution >= 0.6 is 0 Å². The highest BCUT2D eigenvalue weighted by atomic mass is 16.3. The van der Waals surface area contributed by atoms with Crippen LogP contribution in [0.25, 0.3) is 0 Å². The number of amides is 1. The average Bonchev–Trinajstić information content (AvgIpc) is 2.47. The number of piperazine rings is 1. The van der Waals surface area contributed by atoms with Gasteiger partial charge in [0, 0.05) is 50.7 Å². The molecule has 1 aliphatic rings. The van der Waals surface area contributed by atoms with Crippen molar-refractivity contribution in [1.29, 1.82) is 0 Å². The molecule has 0 spiro atoms. The van der Waals surface area contributed by atoms with E-state index in [1.807, 2.05) is 0 Å². The van der Waals surface area contributed by atoms with Crippen molar-refractivity contribution in [3.63, 3.8) is 0 Å². The first-order valence-corrected chi connectivity index (χ1v) is 6.53. The Morgan fingerprint density at radius 3 is 2.47 bits per heavy atom. The molecule has 1 amide bonds. The second kappa shape index (κ2) is 7.18. The summed E-state index contributed by atoms with van der Waals surface area (Å²) in [6, 6.07) is 3.41. The fourth-order valence-electron chi connectivity index (χ4n) is 2.10. The van der Waals surface area contributed by atoms with E-state index in [1.165, 1.54) is 0 Å². The van der Waals surface area contributed by atoms with Gasteiger partial charge in [0.15, 0.2) is 0 Å². The van der Waals surface area contributed by atoms with Crippen molar-refractivity contribution in [3.05, 3.63) is 30.1 Å². The van der Waals surface area contributed by atoms with Crippen LogP contribution in [-0.4, -0.2) is 71.8 Å².